The Hall–Kier alpha value is -2.18. The van der Waals surface area contributed by atoms with Crippen LogP contribution < -0.4 is 16.0 Å². The van der Waals surface area contributed by atoms with Crippen molar-refractivity contribution in [2.24, 2.45) is 5.92 Å². The van der Waals surface area contributed by atoms with Crippen LogP contribution in [0.5, 0.6) is 0 Å². The predicted octanol–water partition coefficient (Wildman–Crippen LogP) is 2.42. The van der Waals surface area contributed by atoms with Crippen molar-refractivity contribution in [3.05, 3.63) is 57.3 Å². The molecule has 1 aromatic heterocycles. The number of hydrogen-bond donors (Lipinski definition) is 3. The first-order valence-electron chi connectivity index (χ1n) is 8.48. The molecule has 2 heterocycles. The predicted molar refractivity (Wildman–Crippen MR) is 99.2 cm³/mol. The zero-order chi connectivity index (χ0) is 17.8. The first-order valence-corrected chi connectivity index (χ1v) is 9.36. The Kier molecular flexibility index (Phi) is 5.50. The third-order valence-corrected chi connectivity index (χ3v) is 5.22. The van der Waals surface area contributed by atoms with Gasteiger partial charge < -0.3 is 16.0 Å². The lowest BCUT2D eigenvalue weighted by molar-refractivity contribution is -0.124. The van der Waals surface area contributed by atoms with Gasteiger partial charge in [-0.15, -0.1) is 11.3 Å². The van der Waals surface area contributed by atoms with Crippen molar-refractivity contribution < 1.29 is 9.59 Å². The number of thiophene rings is 1. The van der Waals surface area contributed by atoms with Gasteiger partial charge in [0.05, 0.1) is 4.88 Å². The summed E-state index contributed by atoms with van der Waals surface area (Å²) in [6, 6.07) is 9.31. The number of benzene rings is 1. The zero-order valence-electron chi connectivity index (χ0n) is 14.5. The standard InChI is InChI=1S/C19H23N3O2S/c1-12(2)17(22-18(23)16-4-3-7-25-16)19(24)21-9-13-5-6-14-10-20-11-15(14)8-13/h3-8,12,17,20H,9-11H2,1-2H3,(H,21,24)(H,22,23). The number of fused-ring (bicyclic) bond motifs is 1. The summed E-state index contributed by atoms with van der Waals surface area (Å²) >= 11 is 1.37. The molecule has 5 nitrogen and oxygen atoms in total. The van der Waals surface area contributed by atoms with Crippen molar-refractivity contribution in [1.29, 1.82) is 0 Å². The molecule has 1 atom stereocenters. The molecule has 0 spiro atoms. The smallest absolute Gasteiger partial charge is 0.262 e. The second-order valence-corrected chi connectivity index (χ2v) is 7.54. The zero-order valence-corrected chi connectivity index (χ0v) is 15.3. The first-order chi connectivity index (χ1) is 12.0. The molecule has 25 heavy (non-hydrogen) atoms. The molecule has 0 saturated carbocycles. The van der Waals surface area contributed by atoms with Crippen LogP contribution in [-0.2, 0) is 24.4 Å². The molecule has 1 aliphatic rings. The number of amides is 2. The summed E-state index contributed by atoms with van der Waals surface area (Å²) in [4.78, 5) is 25.4. The Labute approximate surface area is 151 Å². The number of carbonyl (C=O) groups is 2. The van der Waals surface area contributed by atoms with E-state index in [0.29, 0.717) is 11.4 Å². The molecule has 0 bridgehead atoms. The second-order valence-electron chi connectivity index (χ2n) is 6.60. The third kappa shape index (κ3) is 4.27. The van der Waals surface area contributed by atoms with E-state index in [2.05, 4.69) is 28.1 Å². The molecule has 0 saturated heterocycles. The van der Waals surface area contributed by atoms with Gasteiger partial charge in [0.15, 0.2) is 0 Å². The summed E-state index contributed by atoms with van der Waals surface area (Å²) in [7, 11) is 0. The highest BCUT2D eigenvalue weighted by molar-refractivity contribution is 7.12. The molecular weight excluding hydrogens is 334 g/mol. The van der Waals surface area contributed by atoms with E-state index in [9.17, 15) is 9.59 Å². The molecule has 3 N–H and O–H groups in total. The molecule has 132 valence electrons. The Balaban J connectivity index is 1.60. The molecular formula is C19H23N3O2S. The van der Waals surface area contributed by atoms with Gasteiger partial charge in [0, 0.05) is 19.6 Å². The van der Waals surface area contributed by atoms with Gasteiger partial charge in [-0.3, -0.25) is 9.59 Å². The minimum atomic E-state index is -0.550. The topological polar surface area (TPSA) is 70.2 Å². The maximum absolute atomic E-state index is 12.6. The van der Waals surface area contributed by atoms with Gasteiger partial charge in [-0.05, 0) is 34.1 Å². The van der Waals surface area contributed by atoms with Crippen LogP contribution in [0.25, 0.3) is 0 Å². The van der Waals surface area contributed by atoms with Crippen LogP contribution in [-0.4, -0.2) is 17.9 Å². The average molecular weight is 357 g/mol. The van der Waals surface area contributed by atoms with E-state index < -0.39 is 6.04 Å². The first kappa shape index (κ1) is 17.6. The molecule has 0 fully saturated rings. The van der Waals surface area contributed by atoms with Crippen LogP contribution in [0.4, 0.5) is 0 Å². The SMILES string of the molecule is CC(C)C(NC(=O)c1cccs1)C(=O)NCc1ccc2c(c1)CNC2. The average Bonchev–Trinajstić information content (AvgIpc) is 3.27. The highest BCUT2D eigenvalue weighted by Crippen LogP contribution is 2.17. The molecule has 2 amide bonds. The van der Waals surface area contributed by atoms with Crippen LogP contribution in [0, 0.1) is 5.92 Å². The maximum atomic E-state index is 12.6. The number of carbonyl (C=O) groups excluding carboxylic acids is 2. The summed E-state index contributed by atoms with van der Waals surface area (Å²) in [5.41, 5.74) is 3.68. The van der Waals surface area contributed by atoms with E-state index in [1.165, 1.54) is 22.5 Å². The van der Waals surface area contributed by atoms with E-state index in [-0.39, 0.29) is 17.7 Å². The second kappa shape index (κ2) is 7.80. The molecule has 3 rings (SSSR count). The summed E-state index contributed by atoms with van der Waals surface area (Å²) in [5, 5.41) is 11.0. The molecule has 1 aromatic carbocycles. The van der Waals surface area contributed by atoms with Gasteiger partial charge >= 0.3 is 0 Å². The van der Waals surface area contributed by atoms with Gasteiger partial charge in [0.2, 0.25) is 5.91 Å². The van der Waals surface area contributed by atoms with Crippen LogP contribution >= 0.6 is 11.3 Å². The highest BCUT2D eigenvalue weighted by Gasteiger charge is 2.24. The Morgan fingerprint density at radius 1 is 1.20 bits per heavy atom. The van der Waals surface area contributed by atoms with Gasteiger partial charge in [-0.25, -0.2) is 0 Å². The quantitative estimate of drug-likeness (QED) is 0.744. The molecule has 0 radical (unpaired) electrons. The summed E-state index contributed by atoms with van der Waals surface area (Å²) < 4.78 is 0. The highest BCUT2D eigenvalue weighted by atomic mass is 32.1. The van der Waals surface area contributed by atoms with Gasteiger partial charge in [-0.2, -0.15) is 0 Å². The minimum absolute atomic E-state index is 0.00753. The molecule has 1 unspecified atom stereocenters. The van der Waals surface area contributed by atoms with Crippen molar-refractivity contribution in [3.63, 3.8) is 0 Å². The lowest BCUT2D eigenvalue weighted by atomic mass is 10.0. The fraction of sp³-hybridized carbons (Fsp3) is 0.368. The Morgan fingerprint density at radius 2 is 2.00 bits per heavy atom. The Morgan fingerprint density at radius 3 is 2.72 bits per heavy atom. The lowest BCUT2D eigenvalue weighted by Crippen LogP contribution is -2.49. The molecule has 2 aromatic rings. The van der Waals surface area contributed by atoms with Crippen molar-refractivity contribution in [3.8, 4) is 0 Å². The molecule has 1 aliphatic heterocycles. The van der Waals surface area contributed by atoms with Gasteiger partial charge in [0.1, 0.15) is 6.04 Å². The molecule has 0 aliphatic carbocycles. The molecule has 6 heteroatoms. The fourth-order valence-electron chi connectivity index (χ4n) is 2.91. The third-order valence-electron chi connectivity index (χ3n) is 4.35. The van der Waals surface area contributed by atoms with Crippen LogP contribution in [0.2, 0.25) is 0 Å². The largest absolute Gasteiger partial charge is 0.350 e. The maximum Gasteiger partial charge on any atom is 0.262 e. The summed E-state index contributed by atoms with van der Waals surface area (Å²) in [5.74, 6) is -0.348. The van der Waals surface area contributed by atoms with Crippen LogP contribution in [0.3, 0.4) is 0 Å². The van der Waals surface area contributed by atoms with Crippen molar-refractivity contribution >= 4 is 23.2 Å². The summed E-state index contributed by atoms with van der Waals surface area (Å²) in [6.07, 6.45) is 0. The fourth-order valence-corrected chi connectivity index (χ4v) is 3.54. The van der Waals surface area contributed by atoms with E-state index in [4.69, 9.17) is 0 Å². The Bertz CT molecular complexity index is 756. The number of hydrogen-bond acceptors (Lipinski definition) is 4. The van der Waals surface area contributed by atoms with Crippen molar-refractivity contribution in [1.82, 2.24) is 16.0 Å². The number of nitrogens with one attached hydrogen (secondary N) is 3. The van der Waals surface area contributed by atoms with Crippen LogP contribution in [0.1, 0.15) is 40.2 Å². The van der Waals surface area contributed by atoms with Gasteiger partial charge in [0.25, 0.3) is 5.91 Å². The van der Waals surface area contributed by atoms with Crippen molar-refractivity contribution in [2.45, 2.75) is 39.5 Å². The van der Waals surface area contributed by atoms with E-state index in [0.717, 1.165) is 18.7 Å². The summed E-state index contributed by atoms with van der Waals surface area (Å²) in [6.45, 7) is 6.11. The monoisotopic (exact) mass is 357 g/mol. The normalized spacial score (nSPS) is 14.2. The van der Waals surface area contributed by atoms with E-state index >= 15 is 0 Å². The number of rotatable bonds is 6. The van der Waals surface area contributed by atoms with E-state index in [1.54, 1.807) is 6.07 Å². The lowest BCUT2D eigenvalue weighted by Gasteiger charge is -2.21. The van der Waals surface area contributed by atoms with Gasteiger partial charge in [-0.1, -0.05) is 38.1 Å². The van der Waals surface area contributed by atoms with Crippen LogP contribution in [0.15, 0.2) is 35.7 Å². The van der Waals surface area contributed by atoms with Crippen molar-refractivity contribution in [2.75, 3.05) is 0 Å². The minimum Gasteiger partial charge on any atom is -0.350 e. The van der Waals surface area contributed by atoms with E-state index in [1.807, 2.05) is 31.4 Å².